The average molecular weight is 389 g/mol. The SMILES string of the molecule is COc1ccc(C(=O)Nc2nc(-c3cccc(Br)c3)cs2)cc1. The Morgan fingerprint density at radius 1 is 1.22 bits per heavy atom. The Morgan fingerprint density at radius 2 is 2.00 bits per heavy atom. The molecule has 0 aliphatic carbocycles. The number of carbonyl (C=O) groups is 1. The molecule has 6 heteroatoms. The van der Waals surface area contributed by atoms with Gasteiger partial charge in [0.15, 0.2) is 5.13 Å². The van der Waals surface area contributed by atoms with Gasteiger partial charge >= 0.3 is 0 Å². The van der Waals surface area contributed by atoms with Crippen molar-refractivity contribution in [2.75, 3.05) is 12.4 Å². The molecule has 0 unspecified atom stereocenters. The van der Waals surface area contributed by atoms with Gasteiger partial charge in [-0.1, -0.05) is 28.1 Å². The maximum absolute atomic E-state index is 12.2. The van der Waals surface area contributed by atoms with E-state index in [1.807, 2.05) is 29.6 Å². The summed E-state index contributed by atoms with van der Waals surface area (Å²) in [6, 6.07) is 14.8. The number of rotatable bonds is 4. The van der Waals surface area contributed by atoms with Crippen molar-refractivity contribution in [3.05, 3.63) is 63.9 Å². The van der Waals surface area contributed by atoms with Gasteiger partial charge in [0.1, 0.15) is 5.75 Å². The Morgan fingerprint density at radius 3 is 2.70 bits per heavy atom. The second-order valence-electron chi connectivity index (χ2n) is 4.73. The van der Waals surface area contributed by atoms with Gasteiger partial charge in [0.25, 0.3) is 5.91 Å². The van der Waals surface area contributed by atoms with Crippen molar-refractivity contribution >= 4 is 38.3 Å². The standard InChI is InChI=1S/C17H13BrN2O2S/c1-22-14-7-5-11(6-8-14)16(21)20-17-19-15(10-23-17)12-3-2-4-13(18)9-12/h2-10H,1H3,(H,19,20,21). The lowest BCUT2D eigenvalue weighted by Gasteiger charge is -2.03. The van der Waals surface area contributed by atoms with Crippen LogP contribution in [0.4, 0.5) is 5.13 Å². The topological polar surface area (TPSA) is 51.2 Å². The van der Waals surface area contributed by atoms with Crippen LogP contribution < -0.4 is 10.1 Å². The molecule has 1 heterocycles. The zero-order chi connectivity index (χ0) is 16.2. The van der Waals surface area contributed by atoms with Crippen molar-refractivity contribution in [2.45, 2.75) is 0 Å². The summed E-state index contributed by atoms with van der Waals surface area (Å²) in [6.07, 6.45) is 0. The van der Waals surface area contributed by atoms with Crippen molar-refractivity contribution in [3.8, 4) is 17.0 Å². The van der Waals surface area contributed by atoms with Gasteiger partial charge in [-0.05, 0) is 36.4 Å². The van der Waals surface area contributed by atoms with E-state index >= 15 is 0 Å². The van der Waals surface area contributed by atoms with Crippen LogP contribution in [0.2, 0.25) is 0 Å². The number of ether oxygens (including phenoxy) is 1. The molecule has 1 aromatic heterocycles. The number of hydrogen-bond donors (Lipinski definition) is 1. The molecule has 2 aromatic carbocycles. The number of anilines is 1. The summed E-state index contributed by atoms with van der Waals surface area (Å²) in [6.45, 7) is 0. The highest BCUT2D eigenvalue weighted by molar-refractivity contribution is 9.10. The summed E-state index contributed by atoms with van der Waals surface area (Å²) in [5.74, 6) is 0.524. The van der Waals surface area contributed by atoms with E-state index in [0.717, 1.165) is 15.7 Å². The van der Waals surface area contributed by atoms with Gasteiger partial charge < -0.3 is 4.74 Å². The highest BCUT2D eigenvalue weighted by atomic mass is 79.9. The summed E-state index contributed by atoms with van der Waals surface area (Å²) in [7, 11) is 1.59. The fourth-order valence-electron chi connectivity index (χ4n) is 2.02. The van der Waals surface area contributed by atoms with E-state index in [2.05, 4.69) is 26.2 Å². The molecule has 1 amide bonds. The molecule has 4 nitrogen and oxygen atoms in total. The predicted octanol–water partition coefficient (Wildman–Crippen LogP) is 4.83. The highest BCUT2D eigenvalue weighted by Crippen LogP contribution is 2.27. The van der Waals surface area contributed by atoms with Gasteiger partial charge in [-0.2, -0.15) is 0 Å². The third-order valence-corrected chi connectivity index (χ3v) is 4.45. The Hall–Kier alpha value is -2.18. The van der Waals surface area contributed by atoms with Gasteiger partial charge in [-0.15, -0.1) is 11.3 Å². The third-order valence-electron chi connectivity index (χ3n) is 3.20. The normalized spacial score (nSPS) is 10.3. The van der Waals surface area contributed by atoms with Crippen molar-refractivity contribution in [2.24, 2.45) is 0 Å². The van der Waals surface area contributed by atoms with Crippen LogP contribution in [0.3, 0.4) is 0 Å². The second-order valence-corrected chi connectivity index (χ2v) is 6.50. The first kappa shape index (κ1) is 15.7. The van der Waals surface area contributed by atoms with Gasteiger partial charge in [-0.25, -0.2) is 4.98 Å². The molecule has 0 atom stereocenters. The predicted molar refractivity (Wildman–Crippen MR) is 96.2 cm³/mol. The highest BCUT2D eigenvalue weighted by Gasteiger charge is 2.10. The molecular weight excluding hydrogens is 376 g/mol. The Labute approximate surface area is 146 Å². The van der Waals surface area contributed by atoms with Crippen LogP contribution in [-0.2, 0) is 0 Å². The van der Waals surface area contributed by atoms with E-state index in [9.17, 15) is 4.79 Å². The molecule has 116 valence electrons. The molecule has 0 radical (unpaired) electrons. The minimum Gasteiger partial charge on any atom is -0.497 e. The molecule has 0 fully saturated rings. The first-order valence-corrected chi connectivity index (χ1v) is 8.50. The average Bonchev–Trinajstić information content (AvgIpc) is 3.03. The molecular formula is C17H13BrN2O2S. The van der Waals surface area contributed by atoms with Crippen LogP contribution in [0.15, 0.2) is 58.4 Å². The minimum absolute atomic E-state index is 0.192. The number of hydrogen-bond acceptors (Lipinski definition) is 4. The molecule has 0 saturated carbocycles. The molecule has 0 aliphatic heterocycles. The fraction of sp³-hybridized carbons (Fsp3) is 0.0588. The number of benzene rings is 2. The quantitative estimate of drug-likeness (QED) is 0.695. The van der Waals surface area contributed by atoms with Crippen LogP contribution in [0, 0.1) is 0 Å². The number of nitrogens with one attached hydrogen (secondary N) is 1. The molecule has 3 rings (SSSR count). The molecule has 0 aliphatic rings. The van der Waals surface area contributed by atoms with E-state index in [4.69, 9.17) is 4.74 Å². The number of halogens is 1. The summed E-state index contributed by atoms with van der Waals surface area (Å²) < 4.78 is 6.08. The Kier molecular flexibility index (Phi) is 4.73. The monoisotopic (exact) mass is 388 g/mol. The first-order chi connectivity index (χ1) is 11.2. The number of carbonyl (C=O) groups excluding carboxylic acids is 1. The van der Waals surface area contributed by atoms with E-state index in [1.165, 1.54) is 11.3 Å². The van der Waals surface area contributed by atoms with Gasteiger partial charge in [0.2, 0.25) is 0 Å². The molecule has 0 saturated heterocycles. The Bertz CT molecular complexity index is 831. The summed E-state index contributed by atoms with van der Waals surface area (Å²) in [4.78, 5) is 16.7. The van der Waals surface area contributed by atoms with E-state index < -0.39 is 0 Å². The smallest absolute Gasteiger partial charge is 0.257 e. The maximum atomic E-state index is 12.2. The van der Waals surface area contributed by atoms with Gasteiger partial charge in [0, 0.05) is 21.0 Å². The van der Waals surface area contributed by atoms with Gasteiger partial charge in [-0.3, -0.25) is 10.1 Å². The largest absolute Gasteiger partial charge is 0.497 e. The third kappa shape index (κ3) is 3.78. The van der Waals surface area contributed by atoms with Crippen LogP contribution in [0.25, 0.3) is 11.3 Å². The fourth-order valence-corrected chi connectivity index (χ4v) is 3.14. The lowest BCUT2D eigenvalue weighted by Crippen LogP contribution is -2.11. The minimum atomic E-state index is -0.192. The molecule has 0 spiro atoms. The second kappa shape index (κ2) is 6.93. The van der Waals surface area contributed by atoms with E-state index in [0.29, 0.717) is 16.4 Å². The molecule has 1 N–H and O–H groups in total. The van der Waals surface area contributed by atoms with Crippen LogP contribution >= 0.6 is 27.3 Å². The van der Waals surface area contributed by atoms with E-state index in [-0.39, 0.29) is 5.91 Å². The van der Waals surface area contributed by atoms with Crippen molar-refractivity contribution in [3.63, 3.8) is 0 Å². The van der Waals surface area contributed by atoms with Gasteiger partial charge in [0.05, 0.1) is 12.8 Å². The zero-order valence-electron chi connectivity index (χ0n) is 12.2. The molecule has 3 aromatic rings. The van der Waals surface area contributed by atoms with Crippen molar-refractivity contribution < 1.29 is 9.53 Å². The van der Waals surface area contributed by atoms with Crippen molar-refractivity contribution in [1.29, 1.82) is 0 Å². The van der Waals surface area contributed by atoms with Crippen LogP contribution in [0.5, 0.6) is 5.75 Å². The van der Waals surface area contributed by atoms with Crippen molar-refractivity contribution in [1.82, 2.24) is 4.98 Å². The van der Waals surface area contributed by atoms with Crippen LogP contribution in [0.1, 0.15) is 10.4 Å². The van der Waals surface area contributed by atoms with E-state index in [1.54, 1.807) is 31.4 Å². The number of amides is 1. The summed E-state index contributed by atoms with van der Waals surface area (Å²) >= 11 is 4.84. The molecule has 23 heavy (non-hydrogen) atoms. The number of thiazole rings is 1. The maximum Gasteiger partial charge on any atom is 0.257 e. The van der Waals surface area contributed by atoms with Crippen LogP contribution in [-0.4, -0.2) is 18.0 Å². The summed E-state index contributed by atoms with van der Waals surface area (Å²) in [5.41, 5.74) is 2.40. The Balaban J connectivity index is 1.74. The lowest BCUT2D eigenvalue weighted by molar-refractivity contribution is 0.102. The molecule has 0 bridgehead atoms. The number of aromatic nitrogens is 1. The summed E-state index contributed by atoms with van der Waals surface area (Å²) in [5, 5.41) is 5.31. The lowest BCUT2D eigenvalue weighted by atomic mass is 10.2. The first-order valence-electron chi connectivity index (χ1n) is 6.82. The number of methoxy groups -OCH3 is 1. The zero-order valence-corrected chi connectivity index (χ0v) is 14.6. The number of nitrogens with zero attached hydrogens (tertiary/aromatic N) is 1.